The molecule has 1 aliphatic heterocycles. The Hall–Kier alpha value is -0.0400. The van der Waals surface area contributed by atoms with Gasteiger partial charge >= 0.3 is 0 Å². The summed E-state index contributed by atoms with van der Waals surface area (Å²) in [7, 11) is 0. The van der Waals surface area contributed by atoms with Crippen molar-refractivity contribution in [3.63, 3.8) is 0 Å². The standard InChI is InChI=1S/C10H21N.C2H6/c1-3-4-5-10-6-7-11-9(2)8-10;1-2/h9-11H,3-8H2,1-2H3;1-2H3. The van der Waals surface area contributed by atoms with E-state index in [1.165, 1.54) is 38.6 Å². The first-order valence-corrected chi connectivity index (χ1v) is 6.06. The number of nitrogens with one attached hydrogen (secondary N) is 1. The van der Waals surface area contributed by atoms with E-state index in [4.69, 9.17) is 0 Å². The minimum atomic E-state index is 0.769. The normalized spacial score (nSPS) is 27.7. The van der Waals surface area contributed by atoms with Crippen LogP contribution in [-0.4, -0.2) is 12.6 Å². The third-order valence-corrected chi connectivity index (χ3v) is 2.70. The molecule has 0 spiro atoms. The minimum absolute atomic E-state index is 0.769. The van der Waals surface area contributed by atoms with Crippen LogP contribution in [-0.2, 0) is 0 Å². The molecule has 0 aromatic carbocycles. The van der Waals surface area contributed by atoms with E-state index < -0.39 is 0 Å². The van der Waals surface area contributed by atoms with Gasteiger partial charge in [-0.25, -0.2) is 0 Å². The lowest BCUT2D eigenvalue weighted by molar-refractivity contribution is 0.295. The average Bonchev–Trinajstić information content (AvgIpc) is 2.18. The van der Waals surface area contributed by atoms with Gasteiger partial charge in [-0.1, -0.05) is 40.0 Å². The molecular formula is C12H27N. The van der Waals surface area contributed by atoms with Crippen LogP contribution in [0.5, 0.6) is 0 Å². The molecule has 1 saturated heterocycles. The second-order valence-electron chi connectivity index (χ2n) is 3.89. The minimum Gasteiger partial charge on any atom is -0.314 e. The Morgan fingerprint density at radius 1 is 1.31 bits per heavy atom. The first-order chi connectivity index (χ1) is 6.33. The Morgan fingerprint density at radius 2 is 2.00 bits per heavy atom. The maximum atomic E-state index is 3.49. The molecule has 0 amide bonds. The quantitative estimate of drug-likeness (QED) is 0.708. The molecule has 1 heterocycles. The number of hydrogen-bond donors (Lipinski definition) is 1. The van der Waals surface area contributed by atoms with Crippen LogP contribution in [0.3, 0.4) is 0 Å². The molecule has 1 nitrogen and oxygen atoms in total. The summed E-state index contributed by atoms with van der Waals surface area (Å²) < 4.78 is 0. The molecule has 13 heavy (non-hydrogen) atoms. The van der Waals surface area contributed by atoms with Gasteiger partial charge in [0, 0.05) is 6.04 Å². The van der Waals surface area contributed by atoms with E-state index in [-0.39, 0.29) is 0 Å². The second-order valence-corrected chi connectivity index (χ2v) is 3.89. The number of rotatable bonds is 3. The summed E-state index contributed by atoms with van der Waals surface area (Å²) >= 11 is 0. The van der Waals surface area contributed by atoms with Gasteiger partial charge in [0.25, 0.3) is 0 Å². The van der Waals surface area contributed by atoms with Crippen molar-refractivity contribution < 1.29 is 0 Å². The van der Waals surface area contributed by atoms with Gasteiger partial charge in [-0.15, -0.1) is 0 Å². The van der Waals surface area contributed by atoms with Crippen molar-refractivity contribution in [2.45, 2.75) is 65.8 Å². The fourth-order valence-electron chi connectivity index (χ4n) is 1.99. The Morgan fingerprint density at radius 3 is 2.54 bits per heavy atom. The first kappa shape index (κ1) is 13.0. The van der Waals surface area contributed by atoms with Gasteiger partial charge < -0.3 is 5.32 Å². The smallest absolute Gasteiger partial charge is 0.00413 e. The monoisotopic (exact) mass is 185 g/mol. The molecule has 1 heteroatoms. The average molecular weight is 185 g/mol. The van der Waals surface area contributed by atoms with E-state index >= 15 is 0 Å². The molecular weight excluding hydrogens is 158 g/mol. The molecule has 0 bridgehead atoms. The highest BCUT2D eigenvalue weighted by atomic mass is 14.9. The third-order valence-electron chi connectivity index (χ3n) is 2.70. The van der Waals surface area contributed by atoms with E-state index in [1.807, 2.05) is 13.8 Å². The van der Waals surface area contributed by atoms with Crippen LogP contribution in [0.1, 0.15) is 59.8 Å². The number of hydrogen-bond acceptors (Lipinski definition) is 1. The van der Waals surface area contributed by atoms with Crippen molar-refractivity contribution >= 4 is 0 Å². The maximum absolute atomic E-state index is 3.49. The van der Waals surface area contributed by atoms with Crippen LogP contribution in [0.4, 0.5) is 0 Å². The molecule has 0 aromatic heterocycles. The maximum Gasteiger partial charge on any atom is 0.00413 e. The first-order valence-electron chi connectivity index (χ1n) is 6.06. The van der Waals surface area contributed by atoms with Crippen LogP contribution >= 0.6 is 0 Å². The zero-order valence-corrected chi connectivity index (χ0v) is 9.90. The fraction of sp³-hybridized carbons (Fsp3) is 1.00. The van der Waals surface area contributed by atoms with Crippen molar-refractivity contribution in [1.29, 1.82) is 0 Å². The van der Waals surface area contributed by atoms with Gasteiger partial charge in [0.2, 0.25) is 0 Å². The van der Waals surface area contributed by atoms with Crippen molar-refractivity contribution in [3.05, 3.63) is 0 Å². The van der Waals surface area contributed by atoms with Gasteiger partial charge in [0.15, 0.2) is 0 Å². The lowest BCUT2D eigenvalue weighted by atomic mass is 9.89. The molecule has 0 aliphatic carbocycles. The van der Waals surface area contributed by atoms with E-state index in [2.05, 4.69) is 19.2 Å². The number of piperidine rings is 1. The van der Waals surface area contributed by atoms with Crippen molar-refractivity contribution in [2.75, 3.05) is 6.54 Å². The van der Waals surface area contributed by atoms with Gasteiger partial charge in [-0.2, -0.15) is 0 Å². The predicted molar refractivity (Wildman–Crippen MR) is 61.1 cm³/mol. The molecule has 2 atom stereocenters. The topological polar surface area (TPSA) is 12.0 Å². The highest BCUT2D eigenvalue weighted by Crippen LogP contribution is 2.21. The summed E-state index contributed by atoms with van der Waals surface area (Å²) in [6.45, 7) is 9.83. The zero-order chi connectivity index (χ0) is 10.1. The molecule has 0 radical (unpaired) electrons. The lowest BCUT2D eigenvalue weighted by Gasteiger charge is -2.27. The summed E-state index contributed by atoms with van der Waals surface area (Å²) in [5.74, 6) is 1.02. The van der Waals surface area contributed by atoms with E-state index in [0.717, 1.165) is 12.0 Å². The Bertz CT molecular complexity index is 101. The molecule has 0 aromatic rings. The van der Waals surface area contributed by atoms with E-state index in [1.54, 1.807) is 0 Å². The molecule has 1 fully saturated rings. The third kappa shape index (κ3) is 6.09. The molecule has 1 aliphatic rings. The Kier molecular flexibility index (Phi) is 8.53. The van der Waals surface area contributed by atoms with Crippen molar-refractivity contribution in [3.8, 4) is 0 Å². The van der Waals surface area contributed by atoms with Gasteiger partial charge in [0.05, 0.1) is 0 Å². The highest BCUT2D eigenvalue weighted by molar-refractivity contribution is 4.74. The van der Waals surface area contributed by atoms with E-state index in [0.29, 0.717) is 0 Å². The summed E-state index contributed by atoms with van der Waals surface area (Å²) in [5, 5.41) is 3.49. The largest absolute Gasteiger partial charge is 0.314 e. The fourth-order valence-corrected chi connectivity index (χ4v) is 1.99. The lowest BCUT2D eigenvalue weighted by Crippen LogP contribution is -2.35. The predicted octanol–water partition coefficient (Wildman–Crippen LogP) is 3.59. The van der Waals surface area contributed by atoms with E-state index in [9.17, 15) is 0 Å². The van der Waals surface area contributed by atoms with Crippen LogP contribution in [0, 0.1) is 5.92 Å². The molecule has 0 saturated carbocycles. The SMILES string of the molecule is CC.CCCCC1CCNC(C)C1. The van der Waals surface area contributed by atoms with Crippen LogP contribution < -0.4 is 5.32 Å². The molecule has 80 valence electrons. The molecule has 1 N–H and O–H groups in total. The summed E-state index contributed by atoms with van der Waals surface area (Å²) in [6.07, 6.45) is 7.06. The Labute approximate surface area is 84.3 Å². The number of unbranched alkanes of at least 4 members (excludes halogenated alkanes) is 1. The van der Waals surface area contributed by atoms with Crippen molar-refractivity contribution in [2.24, 2.45) is 5.92 Å². The summed E-state index contributed by atoms with van der Waals surface area (Å²) in [5.41, 5.74) is 0. The summed E-state index contributed by atoms with van der Waals surface area (Å²) in [4.78, 5) is 0. The van der Waals surface area contributed by atoms with Crippen LogP contribution in [0.25, 0.3) is 0 Å². The van der Waals surface area contributed by atoms with Gasteiger partial charge in [0.1, 0.15) is 0 Å². The zero-order valence-electron chi connectivity index (χ0n) is 9.90. The second kappa shape index (κ2) is 8.55. The summed E-state index contributed by atoms with van der Waals surface area (Å²) in [6, 6.07) is 0.769. The molecule has 1 rings (SSSR count). The molecule has 2 unspecified atom stereocenters. The van der Waals surface area contributed by atoms with Gasteiger partial charge in [-0.3, -0.25) is 0 Å². The highest BCUT2D eigenvalue weighted by Gasteiger charge is 2.16. The Balaban J connectivity index is 0.000000671. The van der Waals surface area contributed by atoms with Crippen molar-refractivity contribution in [1.82, 2.24) is 5.32 Å². The van der Waals surface area contributed by atoms with Gasteiger partial charge in [-0.05, 0) is 32.2 Å². The van der Waals surface area contributed by atoms with Crippen LogP contribution in [0.2, 0.25) is 0 Å². The van der Waals surface area contributed by atoms with Crippen LogP contribution in [0.15, 0.2) is 0 Å².